The molecule has 1 atom stereocenters. The lowest BCUT2D eigenvalue weighted by atomic mass is 10.0. The van der Waals surface area contributed by atoms with Gasteiger partial charge in [-0.05, 0) is 49.6 Å². The second-order valence-corrected chi connectivity index (χ2v) is 8.04. The van der Waals surface area contributed by atoms with Crippen LogP contribution in [0.15, 0.2) is 53.3 Å². The molecular weight excluding hydrogens is 358 g/mol. The lowest BCUT2D eigenvalue weighted by Gasteiger charge is -2.21. The fourth-order valence-corrected chi connectivity index (χ4v) is 4.68. The first kappa shape index (κ1) is 19.2. The molecule has 0 radical (unpaired) electrons. The van der Waals surface area contributed by atoms with Gasteiger partial charge in [0.25, 0.3) is 0 Å². The summed E-state index contributed by atoms with van der Waals surface area (Å²) in [5, 5.41) is 9.79. The van der Waals surface area contributed by atoms with E-state index in [9.17, 15) is 9.47 Å². The van der Waals surface area contributed by atoms with Gasteiger partial charge in [0.05, 0.1) is 24.1 Å². The molecule has 0 N–H and O–H groups in total. The number of likely N-dealkylation sites (N-methyl/N-ethyl adjacent to an activating group) is 1. The van der Waals surface area contributed by atoms with Crippen LogP contribution < -0.4 is 4.31 Å². The fraction of sp³-hybridized carbons (Fsp3) is 0.381. The van der Waals surface area contributed by atoms with Crippen molar-refractivity contribution >= 4 is 22.4 Å². The number of nitriles is 1. The molecule has 27 heavy (non-hydrogen) atoms. The van der Waals surface area contributed by atoms with E-state index in [-0.39, 0.29) is 0 Å². The maximum Gasteiger partial charge on any atom is 0.119 e. The number of anilines is 1. The molecule has 1 fully saturated rings. The Balaban J connectivity index is 1.96. The van der Waals surface area contributed by atoms with Crippen LogP contribution in [0.1, 0.15) is 25.8 Å². The Morgan fingerprint density at radius 1 is 1.37 bits per heavy atom. The van der Waals surface area contributed by atoms with E-state index in [1.807, 2.05) is 47.6 Å². The second kappa shape index (κ2) is 8.45. The smallest absolute Gasteiger partial charge is 0.119 e. The van der Waals surface area contributed by atoms with E-state index in [0.717, 1.165) is 53.5 Å². The minimum atomic E-state index is -0.920. The van der Waals surface area contributed by atoms with Gasteiger partial charge in [-0.15, -0.1) is 0 Å². The Morgan fingerprint density at radius 3 is 2.67 bits per heavy atom. The summed E-state index contributed by atoms with van der Waals surface area (Å²) >= 11 is 0. The molecule has 1 aromatic carbocycles. The molecule has 0 aromatic heterocycles. The van der Waals surface area contributed by atoms with E-state index in [1.54, 1.807) is 7.11 Å². The summed E-state index contributed by atoms with van der Waals surface area (Å²) in [5.41, 5.74) is 4.65. The van der Waals surface area contributed by atoms with Gasteiger partial charge in [0.15, 0.2) is 0 Å². The molecule has 1 unspecified atom stereocenters. The van der Waals surface area contributed by atoms with Crippen LogP contribution in [0.5, 0.6) is 0 Å². The number of nitrogens with zero attached hydrogens (tertiary/aromatic N) is 3. The number of hydrogen-bond donors (Lipinski definition) is 0. The molecule has 0 spiro atoms. The van der Waals surface area contributed by atoms with E-state index >= 15 is 0 Å². The fourth-order valence-electron chi connectivity index (χ4n) is 3.39. The third kappa shape index (κ3) is 3.93. The Kier molecular flexibility index (Phi) is 6.02. The standard InChI is InChI=1S/C21H25N3O2S/c1-4-23-15-18(7-6-16(2)26-3)20(14-22)21(23)17-8-10-19(11-9-17)24-12-5-13-27(24)25/h6-11H,4-5,12-13,15H2,1-3H3/b16-6+,18-7+. The van der Waals surface area contributed by atoms with Crippen LogP contribution in [0, 0.1) is 11.3 Å². The summed E-state index contributed by atoms with van der Waals surface area (Å²) in [7, 11) is 0.717. The molecule has 5 nitrogen and oxygen atoms in total. The zero-order valence-corrected chi connectivity index (χ0v) is 16.9. The van der Waals surface area contributed by atoms with Crippen molar-refractivity contribution in [2.75, 3.05) is 36.8 Å². The lowest BCUT2D eigenvalue weighted by Crippen LogP contribution is -2.20. The minimum Gasteiger partial charge on any atom is -0.501 e. The number of rotatable bonds is 5. The first-order chi connectivity index (χ1) is 13.1. The van der Waals surface area contributed by atoms with Gasteiger partial charge >= 0.3 is 0 Å². The maximum absolute atomic E-state index is 12.1. The second-order valence-electron chi connectivity index (χ2n) is 6.55. The average Bonchev–Trinajstić information content (AvgIpc) is 3.28. The van der Waals surface area contributed by atoms with Crippen molar-refractivity contribution in [1.29, 1.82) is 5.26 Å². The van der Waals surface area contributed by atoms with Crippen LogP contribution in [0.4, 0.5) is 5.69 Å². The molecule has 1 aromatic rings. The molecule has 142 valence electrons. The number of benzene rings is 1. The zero-order chi connectivity index (χ0) is 19.4. The van der Waals surface area contributed by atoms with Crippen LogP contribution in [-0.4, -0.2) is 41.6 Å². The lowest BCUT2D eigenvalue weighted by molar-refractivity contribution is 0.293. The largest absolute Gasteiger partial charge is 0.501 e. The molecule has 0 saturated carbocycles. The highest BCUT2D eigenvalue weighted by Crippen LogP contribution is 2.35. The van der Waals surface area contributed by atoms with Crippen molar-refractivity contribution in [2.24, 2.45) is 0 Å². The number of methoxy groups -OCH3 is 1. The number of hydrogen-bond acceptors (Lipinski definition) is 4. The molecule has 6 heteroatoms. The van der Waals surface area contributed by atoms with Crippen LogP contribution in [0.3, 0.4) is 0 Å². The van der Waals surface area contributed by atoms with Gasteiger partial charge in [-0.25, -0.2) is 4.21 Å². The molecular formula is C21H25N3O2S. The van der Waals surface area contributed by atoms with Gasteiger partial charge in [-0.2, -0.15) is 5.26 Å². The summed E-state index contributed by atoms with van der Waals surface area (Å²) in [6.45, 7) is 6.34. The van der Waals surface area contributed by atoms with Gasteiger partial charge in [0.2, 0.25) is 0 Å². The van der Waals surface area contributed by atoms with Crippen LogP contribution in [0.25, 0.3) is 5.70 Å². The number of ether oxygens (including phenoxy) is 1. The summed E-state index contributed by atoms with van der Waals surface area (Å²) in [6.07, 6.45) is 4.83. The van der Waals surface area contributed by atoms with Gasteiger partial charge in [0, 0.05) is 31.1 Å². The monoisotopic (exact) mass is 383 g/mol. The Bertz CT molecular complexity index is 862. The van der Waals surface area contributed by atoms with Crippen LogP contribution >= 0.6 is 0 Å². The van der Waals surface area contributed by atoms with E-state index in [0.29, 0.717) is 12.1 Å². The third-order valence-electron chi connectivity index (χ3n) is 4.92. The molecule has 0 aliphatic carbocycles. The quantitative estimate of drug-likeness (QED) is 0.729. The Hall–Kier alpha value is -2.52. The van der Waals surface area contributed by atoms with E-state index < -0.39 is 11.0 Å². The van der Waals surface area contributed by atoms with Crippen molar-refractivity contribution in [2.45, 2.75) is 20.3 Å². The molecule has 2 heterocycles. The SMILES string of the molecule is CCN1C/C(=C\C=C(/C)OC)C(C#N)=C1c1ccc(N2CCCS2=O)cc1. The van der Waals surface area contributed by atoms with Crippen molar-refractivity contribution in [3.8, 4) is 6.07 Å². The predicted octanol–water partition coefficient (Wildman–Crippen LogP) is 3.61. The predicted molar refractivity (Wildman–Crippen MR) is 110 cm³/mol. The maximum atomic E-state index is 12.1. The molecule has 0 amide bonds. The first-order valence-electron chi connectivity index (χ1n) is 9.16. The normalized spacial score (nSPS) is 21.9. The molecule has 1 saturated heterocycles. The molecule has 0 bridgehead atoms. The third-order valence-corrected chi connectivity index (χ3v) is 6.45. The average molecular weight is 384 g/mol. The van der Waals surface area contributed by atoms with Crippen molar-refractivity contribution in [3.05, 3.63) is 58.9 Å². The van der Waals surface area contributed by atoms with Gasteiger partial charge in [-0.3, -0.25) is 4.31 Å². The Morgan fingerprint density at radius 2 is 2.11 bits per heavy atom. The highest BCUT2D eigenvalue weighted by Gasteiger charge is 2.27. The summed E-state index contributed by atoms with van der Waals surface area (Å²) in [6, 6.07) is 10.5. The first-order valence-corrected chi connectivity index (χ1v) is 10.4. The van der Waals surface area contributed by atoms with Crippen LogP contribution in [0.2, 0.25) is 0 Å². The summed E-state index contributed by atoms with van der Waals surface area (Å²) in [4.78, 5) is 2.21. The van der Waals surface area contributed by atoms with E-state index in [2.05, 4.69) is 17.9 Å². The van der Waals surface area contributed by atoms with Crippen molar-refractivity contribution in [3.63, 3.8) is 0 Å². The van der Waals surface area contributed by atoms with E-state index in [4.69, 9.17) is 4.74 Å². The summed E-state index contributed by atoms with van der Waals surface area (Å²) < 4.78 is 19.2. The molecule has 2 aliphatic heterocycles. The van der Waals surface area contributed by atoms with E-state index in [1.165, 1.54) is 0 Å². The zero-order valence-electron chi connectivity index (χ0n) is 16.1. The molecule has 2 aliphatic rings. The van der Waals surface area contributed by atoms with Crippen LogP contribution in [-0.2, 0) is 15.7 Å². The van der Waals surface area contributed by atoms with Crippen molar-refractivity contribution in [1.82, 2.24) is 4.90 Å². The van der Waals surface area contributed by atoms with Crippen molar-refractivity contribution < 1.29 is 8.95 Å². The van der Waals surface area contributed by atoms with Gasteiger partial charge < -0.3 is 9.64 Å². The highest BCUT2D eigenvalue weighted by atomic mass is 32.2. The van der Waals surface area contributed by atoms with Gasteiger partial charge in [0.1, 0.15) is 17.1 Å². The molecule has 3 rings (SSSR count). The number of allylic oxidation sites excluding steroid dienone is 3. The van der Waals surface area contributed by atoms with Gasteiger partial charge in [-0.1, -0.05) is 18.2 Å². The topological polar surface area (TPSA) is 56.6 Å². The highest BCUT2D eigenvalue weighted by molar-refractivity contribution is 7.86. The minimum absolute atomic E-state index is 0.703. The summed E-state index contributed by atoms with van der Waals surface area (Å²) in [5.74, 6) is 1.54. The Labute approximate surface area is 163 Å².